The van der Waals surface area contributed by atoms with Crippen LogP contribution in [0.5, 0.6) is 0 Å². The third kappa shape index (κ3) is 8.41. The van der Waals surface area contributed by atoms with Crippen molar-refractivity contribution < 1.29 is 4.79 Å². The van der Waals surface area contributed by atoms with Gasteiger partial charge in [-0.3, -0.25) is 14.7 Å². The maximum absolute atomic E-state index is 12.0. The minimum Gasteiger partial charge on any atom is -0.370 e. The number of hydrogen-bond acceptors (Lipinski definition) is 3. The van der Waals surface area contributed by atoms with Crippen molar-refractivity contribution in [1.82, 2.24) is 15.1 Å². The van der Waals surface area contributed by atoms with Crippen molar-refractivity contribution in [3.8, 4) is 0 Å². The Balaban J connectivity index is 0.00000338. The van der Waals surface area contributed by atoms with Crippen LogP contribution >= 0.6 is 24.0 Å². The van der Waals surface area contributed by atoms with E-state index in [2.05, 4.69) is 27.0 Å². The van der Waals surface area contributed by atoms with Gasteiger partial charge in [0.05, 0.1) is 6.54 Å². The quantitative estimate of drug-likeness (QED) is 0.369. The summed E-state index contributed by atoms with van der Waals surface area (Å²) in [6.07, 6.45) is 4.61. The number of hydrogen-bond donors (Lipinski definition) is 2. The van der Waals surface area contributed by atoms with Gasteiger partial charge in [-0.1, -0.05) is 6.92 Å². The summed E-state index contributed by atoms with van der Waals surface area (Å²) in [5.41, 5.74) is 6.02. The van der Waals surface area contributed by atoms with Crippen LogP contribution in [0.15, 0.2) is 4.99 Å². The minimum absolute atomic E-state index is 0. The molecule has 2 heterocycles. The summed E-state index contributed by atoms with van der Waals surface area (Å²) in [6.45, 7) is 13.7. The van der Waals surface area contributed by atoms with Gasteiger partial charge < -0.3 is 16.0 Å². The Kier molecular flexibility index (Phi) is 9.64. The van der Waals surface area contributed by atoms with E-state index in [1.807, 2.05) is 20.8 Å². The Bertz CT molecular complexity index is 461. The summed E-state index contributed by atoms with van der Waals surface area (Å²) in [7, 11) is 0. The molecular weight excluding hydrogens is 441 g/mol. The van der Waals surface area contributed by atoms with Crippen molar-refractivity contribution in [2.75, 3.05) is 39.3 Å². The Morgan fingerprint density at radius 3 is 2.23 bits per heavy atom. The van der Waals surface area contributed by atoms with Crippen LogP contribution in [0.25, 0.3) is 0 Å². The number of likely N-dealkylation sites (tertiary alicyclic amines) is 2. The van der Waals surface area contributed by atoms with Gasteiger partial charge in [-0.2, -0.15) is 0 Å². The number of nitrogens with two attached hydrogens (primary N) is 1. The number of carbonyl (C=O) groups is 1. The highest BCUT2D eigenvalue weighted by Crippen LogP contribution is 2.18. The molecule has 0 spiro atoms. The number of carbonyl (C=O) groups excluding carboxylic acids is 1. The van der Waals surface area contributed by atoms with Crippen molar-refractivity contribution in [2.45, 2.75) is 58.9 Å². The number of piperidine rings is 2. The van der Waals surface area contributed by atoms with Crippen LogP contribution in [0.1, 0.15) is 53.4 Å². The van der Waals surface area contributed by atoms with Crippen LogP contribution in [-0.4, -0.2) is 66.5 Å². The molecule has 0 bridgehead atoms. The van der Waals surface area contributed by atoms with Gasteiger partial charge in [0.25, 0.3) is 0 Å². The molecule has 2 aliphatic heterocycles. The van der Waals surface area contributed by atoms with Crippen molar-refractivity contribution in [3.63, 3.8) is 0 Å². The van der Waals surface area contributed by atoms with Crippen molar-refractivity contribution in [1.29, 1.82) is 0 Å². The molecule has 0 radical (unpaired) electrons. The number of amides is 1. The predicted octanol–water partition coefficient (Wildman–Crippen LogP) is 2.28. The normalized spacial score (nSPS) is 21.4. The zero-order valence-corrected chi connectivity index (χ0v) is 19.3. The first kappa shape index (κ1) is 23.5. The molecule has 7 heteroatoms. The molecule has 0 aliphatic carbocycles. The molecule has 3 N–H and O–H groups in total. The molecule has 2 fully saturated rings. The van der Waals surface area contributed by atoms with Crippen LogP contribution in [0.2, 0.25) is 0 Å². The lowest BCUT2D eigenvalue weighted by Gasteiger charge is -2.33. The highest BCUT2D eigenvalue weighted by atomic mass is 127. The second-order valence-corrected chi connectivity index (χ2v) is 8.89. The largest absolute Gasteiger partial charge is 0.370 e. The molecule has 0 unspecified atom stereocenters. The highest BCUT2D eigenvalue weighted by molar-refractivity contribution is 14.0. The first-order chi connectivity index (χ1) is 11.7. The predicted molar refractivity (Wildman–Crippen MR) is 119 cm³/mol. The Hall–Kier alpha value is -0.570. The number of nitrogens with one attached hydrogen (secondary N) is 1. The van der Waals surface area contributed by atoms with Gasteiger partial charge in [0.1, 0.15) is 0 Å². The van der Waals surface area contributed by atoms with E-state index in [9.17, 15) is 4.79 Å². The van der Waals surface area contributed by atoms with E-state index in [0.717, 1.165) is 57.4 Å². The molecule has 6 nitrogen and oxygen atoms in total. The summed E-state index contributed by atoms with van der Waals surface area (Å²) in [4.78, 5) is 21.2. The second-order valence-electron chi connectivity index (χ2n) is 8.89. The minimum atomic E-state index is -0.159. The average Bonchev–Trinajstić information content (AvgIpc) is 2.53. The summed E-state index contributed by atoms with van der Waals surface area (Å²) < 4.78 is 0. The molecule has 0 aromatic rings. The summed E-state index contributed by atoms with van der Waals surface area (Å²) >= 11 is 0. The van der Waals surface area contributed by atoms with E-state index < -0.39 is 0 Å². The number of nitrogens with zero attached hydrogens (tertiary/aromatic N) is 3. The zero-order chi connectivity index (χ0) is 18.4. The van der Waals surface area contributed by atoms with Crippen LogP contribution < -0.4 is 11.1 Å². The van der Waals surface area contributed by atoms with Crippen LogP contribution in [0, 0.1) is 11.8 Å². The van der Waals surface area contributed by atoms with Gasteiger partial charge in [-0.05, 0) is 71.4 Å². The fourth-order valence-corrected chi connectivity index (χ4v) is 3.55. The van der Waals surface area contributed by atoms with Gasteiger partial charge in [-0.25, -0.2) is 0 Å². The topological polar surface area (TPSA) is 74.0 Å². The number of halogens is 1. The van der Waals surface area contributed by atoms with E-state index in [1.165, 1.54) is 12.8 Å². The molecule has 2 saturated heterocycles. The van der Waals surface area contributed by atoms with E-state index in [-0.39, 0.29) is 35.4 Å². The molecule has 0 aromatic carbocycles. The molecule has 0 aromatic heterocycles. The van der Waals surface area contributed by atoms with E-state index >= 15 is 0 Å². The molecule has 0 atom stereocenters. The van der Waals surface area contributed by atoms with Gasteiger partial charge in [0.2, 0.25) is 5.91 Å². The maximum atomic E-state index is 12.0. The summed E-state index contributed by atoms with van der Waals surface area (Å²) in [6, 6.07) is 0. The fraction of sp³-hybridized carbons (Fsp3) is 0.895. The van der Waals surface area contributed by atoms with Gasteiger partial charge in [-0.15, -0.1) is 24.0 Å². The zero-order valence-electron chi connectivity index (χ0n) is 17.0. The third-order valence-corrected chi connectivity index (χ3v) is 5.21. The van der Waals surface area contributed by atoms with Crippen LogP contribution in [-0.2, 0) is 4.79 Å². The molecular formula is C19H38IN5O. The van der Waals surface area contributed by atoms with Crippen LogP contribution in [0.4, 0.5) is 0 Å². The molecule has 1 amide bonds. The highest BCUT2D eigenvalue weighted by Gasteiger charge is 2.23. The fourth-order valence-electron chi connectivity index (χ4n) is 3.55. The Morgan fingerprint density at radius 2 is 1.69 bits per heavy atom. The average molecular weight is 479 g/mol. The Morgan fingerprint density at radius 1 is 1.12 bits per heavy atom. The SMILES string of the molecule is CC1CCN(C(N)=NCC2CCN(CC(=O)NC(C)(C)C)CC2)CC1.I. The number of aliphatic imine (C=N–C) groups is 1. The maximum Gasteiger partial charge on any atom is 0.234 e. The van der Waals surface area contributed by atoms with Crippen molar-refractivity contribution in [2.24, 2.45) is 22.6 Å². The van der Waals surface area contributed by atoms with Gasteiger partial charge >= 0.3 is 0 Å². The monoisotopic (exact) mass is 479 g/mol. The smallest absolute Gasteiger partial charge is 0.234 e. The Labute approximate surface area is 176 Å². The van der Waals surface area contributed by atoms with Crippen molar-refractivity contribution in [3.05, 3.63) is 0 Å². The number of rotatable bonds is 4. The number of guanidine groups is 1. The molecule has 0 saturated carbocycles. The molecule has 26 heavy (non-hydrogen) atoms. The van der Waals surface area contributed by atoms with Crippen LogP contribution in [0.3, 0.4) is 0 Å². The summed E-state index contributed by atoms with van der Waals surface area (Å²) in [5.74, 6) is 2.24. The van der Waals surface area contributed by atoms with E-state index in [0.29, 0.717) is 12.5 Å². The lowest BCUT2D eigenvalue weighted by molar-refractivity contribution is -0.124. The second kappa shape index (κ2) is 10.7. The van der Waals surface area contributed by atoms with Gasteiger partial charge in [0, 0.05) is 25.2 Å². The third-order valence-electron chi connectivity index (χ3n) is 5.21. The van der Waals surface area contributed by atoms with E-state index in [4.69, 9.17) is 5.73 Å². The van der Waals surface area contributed by atoms with E-state index in [1.54, 1.807) is 0 Å². The lowest BCUT2D eigenvalue weighted by Crippen LogP contribution is -2.47. The van der Waals surface area contributed by atoms with Gasteiger partial charge in [0.15, 0.2) is 5.96 Å². The standard InChI is InChI=1S/C19H37N5O.HI/c1-15-5-11-24(12-6-15)18(20)21-13-16-7-9-23(10-8-16)14-17(25)22-19(2,3)4;/h15-16H,5-14H2,1-4H3,(H2,20,21)(H,22,25);1H. The first-order valence-corrected chi connectivity index (χ1v) is 9.81. The molecule has 152 valence electrons. The lowest BCUT2D eigenvalue weighted by atomic mass is 9.97. The van der Waals surface area contributed by atoms with Crippen molar-refractivity contribution >= 4 is 35.8 Å². The molecule has 2 aliphatic rings. The summed E-state index contributed by atoms with van der Waals surface area (Å²) in [5, 5.41) is 3.03. The molecule has 2 rings (SSSR count). The first-order valence-electron chi connectivity index (χ1n) is 9.81.